The first kappa shape index (κ1) is 17.0. The number of ether oxygens (including phenoxy) is 1. The molecule has 0 bridgehead atoms. The summed E-state index contributed by atoms with van der Waals surface area (Å²) in [4.78, 5) is 2.44. The van der Waals surface area contributed by atoms with Gasteiger partial charge < -0.3 is 15.0 Å². The highest BCUT2D eigenvalue weighted by atomic mass is 35.5. The summed E-state index contributed by atoms with van der Waals surface area (Å²) >= 11 is 6.01. The van der Waals surface area contributed by atoms with Gasteiger partial charge >= 0.3 is 0 Å². The van der Waals surface area contributed by atoms with E-state index in [2.05, 4.69) is 34.5 Å². The molecule has 0 saturated carbocycles. The van der Waals surface area contributed by atoms with Crippen molar-refractivity contribution >= 4 is 17.3 Å². The van der Waals surface area contributed by atoms with Crippen LogP contribution in [0.4, 0.5) is 5.69 Å². The van der Waals surface area contributed by atoms with E-state index in [9.17, 15) is 0 Å². The van der Waals surface area contributed by atoms with E-state index in [-0.39, 0.29) is 0 Å². The summed E-state index contributed by atoms with van der Waals surface area (Å²) in [5.41, 5.74) is 2.46. The van der Waals surface area contributed by atoms with Gasteiger partial charge in [0, 0.05) is 30.3 Å². The molecule has 132 valence electrons. The van der Waals surface area contributed by atoms with E-state index in [0.29, 0.717) is 6.04 Å². The summed E-state index contributed by atoms with van der Waals surface area (Å²) in [5, 5.41) is 4.13. The predicted molar refractivity (Wildman–Crippen MR) is 107 cm³/mol. The lowest BCUT2D eigenvalue weighted by Gasteiger charge is -2.40. The maximum atomic E-state index is 6.01. The molecule has 4 rings (SSSR count). The van der Waals surface area contributed by atoms with Gasteiger partial charge in [0.15, 0.2) is 0 Å². The van der Waals surface area contributed by atoms with Gasteiger partial charge in [-0.15, -0.1) is 0 Å². The number of hydrogen-bond acceptors (Lipinski definition) is 3. The third-order valence-corrected chi connectivity index (χ3v) is 4.87. The minimum Gasteiger partial charge on any atom is -0.457 e. The van der Waals surface area contributed by atoms with Crippen molar-refractivity contribution in [2.45, 2.75) is 12.6 Å². The zero-order valence-corrected chi connectivity index (χ0v) is 15.2. The SMILES string of the molecule is Clc1ccc(CN(c2ccc(Oc3ccccc3)cc2)C2CNC2)cc1. The first-order valence-electron chi connectivity index (χ1n) is 8.83. The van der Waals surface area contributed by atoms with Crippen molar-refractivity contribution < 1.29 is 4.74 Å². The highest BCUT2D eigenvalue weighted by Gasteiger charge is 2.25. The monoisotopic (exact) mass is 364 g/mol. The van der Waals surface area contributed by atoms with Gasteiger partial charge in [-0.1, -0.05) is 41.9 Å². The lowest BCUT2D eigenvalue weighted by Crippen LogP contribution is -2.57. The number of hydrogen-bond donors (Lipinski definition) is 1. The molecule has 0 aliphatic carbocycles. The molecule has 3 aromatic rings. The molecule has 1 aliphatic heterocycles. The van der Waals surface area contributed by atoms with Crippen LogP contribution in [0.2, 0.25) is 5.02 Å². The number of halogens is 1. The highest BCUT2D eigenvalue weighted by molar-refractivity contribution is 6.30. The fourth-order valence-corrected chi connectivity index (χ4v) is 3.17. The zero-order valence-electron chi connectivity index (χ0n) is 14.4. The lowest BCUT2D eigenvalue weighted by atomic mass is 10.1. The Bertz CT molecular complexity index is 830. The molecule has 3 aromatic carbocycles. The van der Waals surface area contributed by atoms with Crippen molar-refractivity contribution in [3.8, 4) is 11.5 Å². The van der Waals surface area contributed by atoms with Crippen LogP contribution in [0.5, 0.6) is 11.5 Å². The predicted octanol–water partition coefficient (Wildman–Crippen LogP) is 5.11. The van der Waals surface area contributed by atoms with Gasteiger partial charge in [0.2, 0.25) is 0 Å². The van der Waals surface area contributed by atoms with Crippen LogP contribution in [-0.4, -0.2) is 19.1 Å². The summed E-state index contributed by atoms with van der Waals surface area (Å²) < 4.78 is 5.90. The molecule has 1 N–H and O–H groups in total. The minimum atomic E-state index is 0.506. The van der Waals surface area contributed by atoms with E-state index >= 15 is 0 Å². The third kappa shape index (κ3) is 4.01. The van der Waals surface area contributed by atoms with Crippen molar-refractivity contribution in [2.75, 3.05) is 18.0 Å². The molecule has 1 heterocycles. The fourth-order valence-electron chi connectivity index (χ4n) is 3.04. The molecule has 0 unspecified atom stereocenters. The second kappa shape index (κ2) is 7.81. The minimum absolute atomic E-state index is 0.506. The lowest BCUT2D eigenvalue weighted by molar-refractivity contribution is 0.411. The van der Waals surface area contributed by atoms with E-state index in [1.54, 1.807) is 0 Å². The number of anilines is 1. The molecule has 1 aliphatic rings. The largest absolute Gasteiger partial charge is 0.457 e. The van der Waals surface area contributed by atoms with Crippen molar-refractivity contribution in [2.24, 2.45) is 0 Å². The van der Waals surface area contributed by atoms with Crippen molar-refractivity contribution in [1.29, 1.82) is 0 Å². The van der Waals surface area contributed by atoms with E-state index < -0.39 is 0 Å². The number of rotatable bonds is 6. The van der Waals surface area contributed by atoms with Gasteiger partial charge in [-0.25, -0.2) is 0 Å². The van der Waals surface area contributed by atoms with Gasteiger partial charge in [-0.05, 0) is 54.1 Å². The van der Waals surface area contributed by atoms with Gasteiger partial charge in [-0.2, -0.15) is 0 Å². The van der Waals surface area contributed by atoms with Crippen LogP contribution in [0.3, 0.4) is 0 Å². The molecule has 0 aromatic heterocycles. The van der Waals surface area contributed by atoms with E-state index in [0.717, 1.165) is 36.2 Å². The molecule has 3 nitrogen and oxygen atoms in total. The van der Waals surface area contributed by atoms with Gasteiger partial charge in [0.25, 0.3) is 0 Å². The Morgan fingerprint density at radius 2 is 1.50 bits per heavy atom. The zero-order chi connectivity index (χ0) is 17.8. The van der Waals surface area contributed by atoms with E-state index in [1.807, 2.05) is 54.6 Å². The second-order valence-corrected chi connectivity index (χ2v) is 6.91. The summed E-state index contributed by atoms with van der Waals surface area (Å²) in [5.74, 6) is 1.69. The molecule has 1 fully saturated rings. The summed E-state index contributed by atoms with van der Waals surface area (Å²) in [6, 6.07) is 26.8. The molecular weight excluding hydrogens is 344 g/mol. The van der Waals surface area contributed by atoms with Crippen molar-refractivity contribution in [3.05, 3.63) is 89.4 Å². The molecule has 0 atom stereocenters. The Hall–Kier alpha value is -2.49. The van der Waals surface area contributed by atoms with Crippen molar-refractivity contribution in [3.63, 3.8) is 0 Å². The number of nitrogens with zero attached hydrogens (tertiary/aromatic N) is 1. The first-order chi connectivity index (χ1) is 12.8. The second-order valence-electron chi connectivity index (χ2n) is 6.48. The average Bonchev–Trinajstić information content (AvgIpc) is 2.63. The van der Waals surface area contributed by atoms with Crippen LogP contribution < -0.4 is 15.0 Å². The van der Waals surface area contributed by atoms with Gasteiger partial charge in [0.05, 0.1) is 6.04 Å². The number of para-hydroxylation sites is 1. The molecule has 1 saturated heterocycles. The number of benzene rings is 3. The maximum absolute atomic E-state index is 6.01. The average molecular weight is 365 g/mol. The van der Waals surface area contributed by atoms with Crippen LogP contribution in [0.1, 0.15) is 5.56 Å². The fraction of sp³-hybridized carbons (Fsp3) is 0.182. The third-order valence-electron chi connectivity index (χ3n) is 4.61. The summed E-state index contributed by atoms with van der Waals surface area (Å²) in [7, 11) is 0. The van der Waals surface area contributed by atoms with Crippen LogP contribution in [0, 0.1) is 0 Å². The Labute approximate surface area is 159 Å². The Kier molecular flexibility index (Phi) is 5.09. The molecule has 4 heteroatoms. The molecule has 0 amide bonds. The maximum Gasteiger partial charge on any atom is 0.127 e. The first-order valence-corrected chi connectivity index (χ1v) is 9.20. The Morgan fingerprint density at radius 1 is 0.846 bits per heavy atom. The Balaban J connectivity index is 1.51. The quantitative estimate of drug-likeness (QED) is 0.657. The molecule has 26 heavy (non-hydrogen) atoms. The topological polar surface area (TPSA) is 24.5 Å². The standard InChI is InChI=1S/C22H21ClN2O/c23-18-8-6-17(7-9-18)16-25(20-14-24-15-20)19-10-12-22(13-11-19)26-21-4-2-1-3-5-21/h1-13,20,24H,14-16H2. The Morgan fingerprint density at radius 3 is 2.12 bits per heavy atom. The van der Waals surface area contributed by atoms with Crippen LogP contribution >= 0.6 is 11.6 Å². The summed E-state index contributed by atoms with van der Waals surface area (Å²) in [6.07, 6.45) is 0. The van der Waals surface area contributed by atoms with E-state index in [4.69, 9.17) is 16.3 Å². The normalized spacial score (nSPS) is 13.9. The highest BCUT2D eigenvalue weighted by Crippen LogP contribution is 2.27. The van der Waals surface area contributed by atoms with Crippen LogP contribution in [0.15, 0.2) is 78.9 Å². The van der Waals surface area contributed by atoms with E-state index in [1.165, 1.54) is 11.3 Å². The number of nitrogens with one attached hydrogen (secondary N) is 1. The van der Waals surface area contributed by atoms with Crippen molar-refractivity contribution in [1.82, 2.24) is 5.32 Å². The summed E-state index contributed by atoms with van der Waals surface area (Å²) in [6.45, 7) is 2.88. The van der Waals surface area contributed by atoms with Gasteiger partial charge in [0.1, 0.15) is 11.5 Å². The van der Waals surface area contributed by atoms with Gasteiger partial charge in [-0.3, -0.25) is 0 Å². The molecule has 0 radical (unpaired) electrons. The molecular formula is C22H21ClN2O. The van der Waals surface area contributed by atoms with Crippen LogP contribution in [-0.2, 0) is 6.54 Å². The smallest absolute Gasteiger partial charge is 0.127 e. The molecule has 0 spiro atoms. The van der Waals surface area contributed by atoms with Crippen LogP contribution in [0.25, 0.3) is 0 Å².